The average molecular weight is 407 g/mol. The minimum atomic E-state index is -0.846. The van der Waals surface area contributed by atoms with Gasteiger partial charge in [0, 0.05) is 11.9 Å². The second-order valence-corrected chi connectivity index (χ2v) is 6.24. The fraction of sp³-hybridized carbons (Fsp3) is 0.105. The van der Waals surface area contributed by atoms with Crippen molar-refractivity contribution in [2.75, 3.05) is 11.9 Å². The standard InChI is InChI=1S/C19H16Cl2N2O4/c1-12(24)22-17(9-13-5-3-2-4-6-13)19(26)27-11-18(25)23-16-10-14(20)7-8-15(16)21/h2-10H,11H2,1H3,(H,22,24)(H,23,25)/b17-9+. The van der Waals surface area contributed by atoms with Crippen molar-refractivity contribution < 1.29 is 19.1 Å². The molecule has 0 aliphatic heterocycles. The molecule has 0 saturated carbocycles. The molecule has 140 valence electrons. The number of rotatable bonds is 6. The van der Waals surface area contributed by atoms with Crippen LogP contribution in [0.25, 0.3) is 6.08 Å². The maximum absolute atomic E-state index is 12.2. The zero-order valence-electron chi connectivity index (χ0n) is 14.3. The highest BCUT2D eigenvalue weighted by Gasteiger charge is 2.15. The van der Waals surface area contributed by atoms with Crippen LogP contribution in [-0.4, -0.2) is 24.4 Å². The molecule has 0 spiro atoms. The molecule has 0 bridgehead atoms. The molecule has 6 nitrogen and oxygen atoms in total. The van der Waals surface area contributed by atoms with Gasteiger partial charge >= 0.3 is 5.97 Å². The lowest BCUT2D eigenvalue weighted by Crippen LogP contribution is -2.28. The van der Waals surface area contributed by atoms with Crippen LogP contribution >= 0.6 is 23.2 Å². The number of benzene rings is 2. The topological polar surface area (TPSA) is 84.5 Å². The van der Waals surface area contributed by atoms with E-state index in [0.29, 0.717) is 21.3 Å². The highest BCUT2D eigenvalue weighted by Crippen LogP contribution is 2.25. The van der Waals surface area contributed by atoms with Crippen LogP contribution < -0.4 is 10.6 Å². The maximum Gasteiger partial charge on any atom is 0.355 e. The minimum absolute atomic E-state index is 0.0812. The van der Waals surface area contributed by atoms with E-state index in [1.165, 1.54) is 25.1 Å². The largest absolute Gasteiger partial charge is 0.451 e. The number of carbonyl (C=O) groups is 3. The molecule has 2 aromatic carbocycles. The summed E-state index contributed by atoms with van der Waals surface area (Å²) >= 11 is 11.8. The lowest BCUT2D eigenvalue weighted by atomic mass is 10.2. The Bertz CT molecular complexity index is 883. The summed E-state index contributed by atoms with van der Waals surface area (Å²) in [6.45, 7) is 0.702. The highest BCUT2D eigenvalue weighted by molar-refractivity contribution is 6.35. The van der Waals surface area contributed by atoms with Crippen molar-refractivity contribution in [1.82, 2.24) is 5.32 Å². The first-order chi connectivity index (χ1) is 12.8. The molecular weight excluding hydrogens is 391 g/mol. The van der Waals surface area contributed by atoms with E-state index in [4.69, 9.17) is 27.9 Å². The minimum Gasteiger partial charge on any atom is -0.451 e. The molecule has 0 unspecified atom stereocenters. The fourth-order valence-electron chi connectivity index (χ4n) is 2.04. The van der Waals surface area contributed by atoms with Gasteiger partial charge in [0.1, 0.15) is 5.70 Å². The van der Waals surface area contributed by atoms with Crippen LogP contribution in [0.5, 0.6) is 0 Å². The summed E-state index contributed by atoms with van der Waals surface area (Å²) in [7, 11) is 0. The first-order valence-electron chi connectivity index (χ1n) is 7.81. The molecule has 2 amide bonds. The average Bonchev–Trinajstić information content (AvgIpc) is 2.62. The summed E-state index contributed by atoms with van der Waals surface area (Å²) in [5.41, 5.74) is 0.905. The Balaban J connectivity index is 2.02. The third-order valence-corrected chi connectivity index (χ3v) is 3.74. The van der Waals surface area contributed by atoms with E-state index in [-0.39, 0.29) is 5.70 Å². The second-order valence-electron chi connectivity index (χ2n) is 5.40. The SMILES string of the molecule is CC(=O)N/C(=C/c1ccccc1)C(=O)OCC(=O)Nc1cc(Cl)ccc1Cl. The van der Waals surface area contributed by atoms with Gasteiger partial charge in [-0.15, -0.1) is 0 Å². The van der Waals surface area contributed by atoms with Crippen molar-refractivity contribution in [3.63, 3.8) is 0 Å². The summed E-state index contributed by atoms with van der Waals surface area (Å²) in [6, 6.07) is 13.5. The summed E-state index contributed by atoms with van der Waals surface area (Å²) in [5, 5.41) is 5.58. The Hall–Kier alpha value is -2.83. The summed E-state index contributed by atoms with van der Waals surface area (Å²) in [5.74, 6) is -1.89. The van der Waals surface area contributed by atoms with Gasteiger partial charge in [0.2, 0.25) is 5.91 Å². The lowest BCUT2D eigenvalue weighted by molar-refractivity contribution is -0.144. The van der Waals surface area contributed by atoms with E-state index >= 15 is 0 Å². The van der Waals surface area contributed by atoms with E-state index < -0.39 is 24.4 Å². The molecule has 0 radical (unpaired) electrons. The van der Waals surface area contributed by atoms with Crippen LogP contribution in [0.15, 0.2) is 54.2 Å². The number of anilines is 1. The van der Waals surface area contributed by atoms with Crippen LogP contribution in [0.4, 0.5) is 5.69 Å². The Kier molecular flexibility index (Phi) is 7.40. The van der Waals surface area contributed by atoms with Crippen molar-refractivity contribution in [3.05, 3.63) is 69.8 Å². The fourth-order valence-corrected chi connectivity index (χ4v) is 2.38. The molecule has 0 heterocycles. The zero-order chi connectivity index (χ0) is 19.8. The van der Waals surface area contributed by atoms with Gasteiger partial charge in [0.15, 0.2) is 6.61 Å². The molecule has 2 rings (SSSR count). The first-order valence-corrected chi connectivity index (χ1v) is 8.57. The molecule has 0 atom stereocenters. The number of amides is 2. The van der Waals surface area contributed by atoms with E-state index in [1.807, 2.05) is 6.07 Å². The number of ether oxygens (including phenoxy) is 1. The predicted molar refractivity (Wildman–Crippen MR) is 104 cm³/mol. The van der Waals surface area contributed by atoms with Crippen LogP contribution in [-0.2, 0) is 19.1 Å². The number of nitrogens with one attached hydrogen (secondary N) is 2. The van der Waals surface area contributed by atoms with E-state index in [2.05, 4.69) is 10.6 Å². The third kappa shape index (κ3) is 6.77. The smallest absolute Gasteiger partial charge is 0.355 e. The molecule has 8 heteroatoms. The lowest BCUT2D eigenvalue weighted by Gasteiger charge is -2.10. The van der Waals surface area contributed by atoms with Crippen LogP contribution in [0.1, 0.15) is 12.5 Å². The number of carbonyl (C=O) groups excluding carboxylic acids is 3. The molecule has 0 fully saturated rings. The Labute approximate surface area is 166 Å². The van der Waals surface area contributed by atoms with Crippen molar-refractivity contribution in [3.8, 4) is 0 Å². The third-order valence-electron chi connectivity index (χ3n) is 3.18. The van der Waals surface area contributed by atoms with Gasteiger partial charge in [-0.1, -0.05) is 53.5 Å². The van der Waals surface area contributed by atoms with Gasteiger partial charge in [-0.05, 0) is 29.8 Å². The Morgan fingerprint density at radius 1 is 1.07 bits per heavy atom. The predicted octanol–water partition coefficient (Wildman–Crippen LogP) is 3.65. The van der Waals surface area contributed by atoms with E-state index in [1.54, 1.807) is 30.3 Å². The monoisotopic (exact) mass is 406 g/mol. The van der Waals surface area contributed by atoms with Gasteiger partial charge < -0.3 is 15.4 Å². The van der Waals surface area contributed by atoms with Gasteiger partial charge in [-0.2, -0.15) is 0 Å². The maximum atomic E-state index is 12.2. The van der Waals surface area contributed by atoms with Crippen LogP contribution in [0, 0.1) is 0 Å². The Morgan fingerprint density at radius 2 is 1.78 bits per heavy atom. The number of hydrogen-bond donors (Lipinski definition) is 2. The van der Waals surface area contributed by atoms with E-state index in [9.17, 15) is 14.4 Å². The molecule has 0 aliphatic carbocycles. The number of esters is 1. The zero-order valence-corrected chi connectivity index (χ0v) is 15.8. The molecule has 2 aromatic rings. The van der Waals surface area contributed by atoms with Crippen molar-refractivity contribution in [2.24, 2.45) is 0 Å². The van der Waals surface area contributed by atoms with Crippen LogP contribution in [0.3, 0.4) is 0 Å². The van der Waals surface area contributed by atoms with Gasteiger partial charge in [0.05, 0.1) is 10.7 Å². The number of halogens is 2. The quantitative estimate of drug-likeness (QED) is 0.566. The van der Waals surface area contributed by atoms with Gasteiger partial charge in [0.25, 0.3) is 5.91 Å². The Morgan fingerprint density at radius 3 is 2.44 bits per heavy atom. The summed E-state index contributed by atoms with van der Waals surface area (Å²) in [4.78, 5) is 35.5. The molecule has 0 saturated heterocycles. The van der Waals surface area contributed by atoms with Gasteiger partial charge in [-0.3, -0.25) is 9.59 Å². The highest BCUT2D eigenvalue weighted by atomic mass is 35.5. The van der Waals surface area contributed by atoms with Crippen molar-refractivity contribution in [2.45, 2.75) is 6.92 Å². The van der Waals surface area contributed by atoms with Crippen molar-refractivity contribution in [1.29, 1.82) is 0 Å². The van der Waals surface area contributed by atoms with Gasteiger partial charge in [-0.25, -0.2) is 4.79 Å². The van der Waals surface area contributed by atoms with E-state index in [0.717, 1.165) is 0 Å². The molecular formula is C19H16Cl2N2O4. The van der Waals surface area contributed by atoms with Crippen molar-refractivity contribution >= 4 is 52.7 Å². The molecule has 27 heavy (non-hydrogen) atoms. The van der Waals surface area contributed by atoms with Crippen LogP contribution in [0.2, 0.25) is 10.0 Å². The molecule has 2 N–H and O–H groups in total. The summed E-state index contributed by atoms with van der Waals surface area (Å²) < 4.78 is 4.97. The summed E-state index contributed by atoms with van der Waals surface area (Å²) in [6.07, 6.45) is 1.45. The first kappa shape index (κ1) is 20.5. The molecule has 0 aliphatic rings. The normalized spacial score (nSPS) is 10.9. The molecule has 0 aromatic heterocycles. The number of hydrogen-bond acceptors (Lipinski definition) is 4. The second kappa shape index (κ2) is 9.75.